The van der Waals surface area contributed by atoms with Crippen LogP contribution in [0.15, 0.2) is 24.3 Å². The number of rotatable bonds is 5. The fourth-order valence-electron chi connectivity index (χ4n) is 3.07. The third-order valence-electron chi connectivity index (χ3n) is 4.54. The minimum absolute atomic E-state index is 0.0370. The van der Waals surface area contributed by atoms with E-state index in [1.807, 2.05) is 26.0 Å². The zero-order valence-corrected chi connectivity index (χ0v) is 15.0. The lowest BCUT2D eigenvalue weighted by atomic mass is 9.96. The van der Waals surface area contributed by atoms with Gasteiger partial charge in [0.1, 0.15) is 5.82 Å². The maximum atomic E-state index is 9.76. The van der Waals surface area contributed by atoms with Gasteiger partial charge in [-0.3, -0.25) is 0 Å². The lowest BCUT2D eigenvalue weighted by Gasteiger charge is -2.30. The van der Waals surface area contributed by atoms with Gasteiger partial charge in [-0.05, 0) is 43.9 Å². The van der Waals surface area contributed by atoms with E-state index < -0.39 is 6.10 Å². The molecule has 2 heterocycles. The quantitative estimate of drug-likeness (QED) is 0.773. The number of hydrogen-bond donors (Lipinski definition) is 3. The van der Waals surface area contributed by atoms with Crippen molar-refractivity contribution in [3.63, 3.8) is 0 Å². The Bertz CT molecular complexity index is 748. The molecule has 1 aliphatic rings. The Hall–Kier alpha value is -2.18. The molecule has 1 aromatic heterocycles. The van der Waals surface area contributed by atoms with Crippen molar-refractivity contribution < 1.29 is 10.2 Å². The molecular weight excluding hydrogens is 316 g/mol. The lowest BCUT2D eigenvalue weighted by Crippen LogP contribution is -2.31. The summed E-state index contributed by atoms with van der Waals surface area (Å²) in [5, 5.41) is 22.1. The number of nitrogens with one attached hydrogen (secondary N) is 1. The summed E-state index contributed by atoms with van der Waals surface area (Å²) >= 11 is 0. The highest BCUT2D eigenvalue weighted by molar-refractivity contribution is 5.48. The smallest absolute Gasteiger partial charge is 0.225 e. The number of aliphatic hydroxyl groups is 2. The highest BCUT2D eigenvalue weighted by Crippen LogP contribution is 2.26. The summed E-state index contributed by atoms with van der Waals surface area (Å²) < 4.78 is 0. The third kappa shape index (κ3) is 4.08. The van der Waals surface area contributed by atoms with E-state index in [2.05, 4.69) is 32.3 Å². The van der Waals surface area contributed by atoms with Gasteiger partial charge < -0.3 is 20.4 Å². The molecule has 6 heteroatoms. The fraction of sp³-hybridized carbons (Fsp3) is 0.474. The SMILES string of the molecule is Cc1cc(N2CCc3cc([C@@H](C)O)ccc3C2)nc(N[C@@H](C)CO)n1. The minimum atomic E-state index is -0.435. The largest absolute Gasteiger partial charge is 0.394 e. The molecule has 0 saturated carbocycles. The molecule has 0 aliphatic carbocycles. The molecule has 3 N–H and O–H groups in total. The van der Waals surface area contributed by atoms with E-state index in [9.17, 15) is 10.2 Å². The second-order valence-electron chi connectivity index (χ2n) is 6.79. The van der Waals surface area contributed by atoms with Gasteiger partial charge in [0.05, 0.1) is 12.7 Å². The zero-order chi connectivity index (χ0) is 18.0. The molecule has 2 atom stereocenters. The van der Waals surface area contributed by atoms with Gasteiger partial charge in [0.15, 0.2) is 0 Å². The zero-order valence-electron chi connectivity index (χ0n) is 15.0. The highest BCUT2D eigenvalue weighted by atomic mass is 16.3. The molecule has 1 aromatic carbocycles. The Morgan fingerprint density at radius 2 is 2.00 bits per heavy atom. The Kier molecular flexibility index (Phi) is 5.20. The number of aryl methyl sites for hydroxylation is 1. The predicted octanol–water partition coefficient (Wildman–Crippen LogP) is 2.19. The number of anilines is 2. The summed E-state index contributed by atoms with van der Waals surface area (Å²) in [6.07, 6.45) is 0.490. The van der Waals surface area contributed by atoms with Crippen molar-refractivity contribution in [3.8, 4) is 0 Å². The number of benzene rings is 1. The normalized spacial score (nSPS) is 16.3. The minimum Gasteiger partial charge on any atom is -0.394 e. The van der Waals surface area contributed by atoms with Crippen molar-refractivity contribution in [1.82, 2.24) is 9.97 Å². The molecule has 25 heavy (non-hydrogen) atoms. The molecule has 0 radical (unpaired) electrons. The summed E-state index contributed by atoms with van der Waals surface area (Å²) in [5.74, 6) is 1.44. The van der Waals surface area contributed by atoms with Gasteiger partial charge in [-0.25, -0.2) is 4.98 Å². The Balaban J connectivity index is 1.81. The number of aromatic nitrogens is 2. The summed E-state index contributed by atoms with van der Waals surface area (Å²) in [4.78, 5) is 11.3. The predicted molar refractivity (Wildman–Crippen MR) is 98.8 cm³/mol. The Morgan fingerprint density at radius 1 is 1.20 bits per heavy atom. The Morgan fingerprint density at radius 3 is 2.72 bits per heavy atom. The van der Waals surface area contributed by atoms with E-state index in [0.717, 1.165) is 36.6 Å². The van der Waals surface area contributed by atoms with Crippen LogP contribution in [0.5, 0.6) is 0 Å². The van der Waals surface area contributed by atoms with Gasteiger partial charge in [-0.15, -0.1) is 0 Å². The molecule has 0 saturated heterocycles. The van der Waals surface area contributed by atoms with Crippen molar-refractivity contribution in [3.05, 3.63) is 46.6 Å². The Labute approximate surface area is 148 Å². The van der Waals surface area contributed by atoms with Gasteiger partial charge in [0.2, 0.25) is 5.95 Å². The van der Waals surface area contributed by atoms with Gasteiger partial charge in [-0.1, -0.05) is 18.2 Å². The van der Waals surface area contributed by atoms with Crippen LogP contribution in [0, 0.1) is 6.92 Å². The molecule has 0 bridgehead atoms. The van der Waals surface area contributed by atoms with Crippen molar-refractivity contribution in [2.45, 2.75) is 45.9 Å². The molecule has 6 nitrogen and oxygen atoms in total. The third-order valence-corrected chi connectivity index (χ3v) is 4.54. The van der Waals surface area contributed by atoms with E-state index >= 15 is 0 Å². The van der Waals surface area contributed by atoms with E-state index in [4.69, 9.17) is 0 Å². The molecule has 0 unspecified atom stereocenters. The van der Waals surface area contributed by atoms with E-state index in [1.54, 1.807) is 6.92 Å². The second-order valence-corrected chi connectivity index (χ2v) is 6.79. The van der Waals surface area contributed by atoms with Crippen LogP contribution in [0.2, 0.25) is 0 Å². The molecule has 134 valence electrons. The number of fused-ring (bicyclic) bond motifs is 1. The summed E-state index contributed by atoms with van der Waals surface area (Å²) in [7, 11) is 0. The van der Waals surface area contributed by atoms with E-state index in [1.165, 1.54) is 11.1 Å². The van der Waals surface area contributed by atoms with Crippen molar-refractivity contribution in [2.24, 2.45) is 0 Å². The fourth-order valence-corrected chi connectivity index (χ4v) is 3.07. The topological polar surface area (TPSA) is 81.5 Å². The molecule has 0 amide bonds. The van der Waals surface area contributed by atoms with E-state index in [-0.39, 0.29) is 12.6 Å². The lowest BCUT2D eigenvalue weighted by molar-refractivity contribution is 0.199. The van der Waals surface area contributed by atoms with Crippen molar-refractivity contribution >= 4 is 11.8 Å². The maximum absolute atomic E-state index is 9.76. The highest BCUT2D eigenvalue weighted by Gasteiger charge is 2.19. The van der Waals surface area contributed by atoms with Gasteiger partial charge in [0.25, 0.3) is 0 Å². The molecule has 1 aliphatic heterocycles. The van der Waals surface area contributed by atoms with Crippen LogP contribution in [0.1, 0.15) is 42.3 Å². The monoisotopic (exact) mass is 342 g/mol. The van der Waals surface area contributed by atoms with Gasteiger partial charge in [-0.2, -0.15) is 4.98 Å². The first kappa shape index (κ1) is 17.6. The average Bonchev–Trinajstić information content (AvgIpc) is 2.60. The molecule has 0 fully saturated rings. The van der Waals surface area contributed by atoms with Crippen LogP contribution in [0.25, 0.3) is 0 Å². The van der Waals surface area contributed by atoms with Crippen LogP contribution < -0.4 is 10.2 Å². The number of nitrogens with zero attached hydrogens (tertiary/aromatic N) is 3. The molecule has 2 aromatic rings. The molecule has 0 spiro atoms. The summed E-state index contributed by atoms with van der Waals surface area (Å²) in [5.41, 5.74) is 4.43. The van der Waals surface area contributed by atoms with Crippen molar-refractivity contribution in [1.29, 1.82) is 0 Å². The first-order valence-electron chi connectivity index (χ1n) is 8.74. The number of hydrogen-bond acceptors (Lipinski definition) is 6. The van der Waals surface area contributed by atoms with E-state index in [0.29, 0.717) is 5.95 Å². The number of aliphatic hydroxyl groups excluding tert-OH is 2. The standard InChI is InChI=1S/C19H26N4O2/c1-12-8-18(22-19(20-12)21-13(2)11-24)23-7-6-16-9-15(14(3)25)4-5-17(16)10-23/h4-5,8-9,13-14,24-25H,6-7,10-11H2,1-3H3,(H,20,21,22)/t13-,14+/m0/s1. The van der Waals surface area contributed by atoms with Crippen LogP contribution in [-0.4, -0.2) is 39.4 Å². The summed E-state index contributed by atoms with van der Waals surface area (Å²) in [6.45, 7) is 7.34. The van der Waals surface area contributed by atoms with Crippen molar-refractivity contribution in [2.75, 3.05) is 23.4 Å². The van der Waals surface area contributed by atoms with Crippen LogP contribution >= 0.6 is 0 Å². The van der Waals surface area contributed by atoms with Crippen LogP contribution in [0.4, 0.5) is 11.8 Å². The molecular formula is C19H26N4O2. The van der Waals surface area contributed by atoms with Crippen LogP contribution in [0.3, 0.4) is 0 Å². The molecule has 3 rings (SSSR count). The first-order chi connectivity index (χ1) is 12.0. The maximum Gasteiger partial charge on any atom is 0.225 e. The second kappa shape index (κ2) is 7.37. The van der Waals surface area contributed by atoms with Gasteiger partial charge >= 0.3 is 0 Å². The average molecular weight is 342 g/mol. The van der Waals surface area contributed by atoms with Gasteiger partial charge in [0, 0.05) is 30.9 Å². The van der Waals surface area contributed by atoms with Crippen LogP contribution in [-0.2, 0) is 13.0 Å². The first-order valence-corrected chi connectivity index (χ1v) is 8.74. The summed E-state index contributed by atoms with van der Waals surface area (Å²) in [6, 6.07) is 8.11.